The number of nitro groups is 1. The second kappa shape index (κ2) is 5.05. The molecule has 2 unspecified atom stereocenters. The molecule has 1 aromatic rings. The van der Waals surface area contributed by atoms with E-state index >= 15 is 0 Å². The number of amides is 1. The lowest BCUT2D eigenvalue weighted by molar-refractivity contribution is -0.387. The maximum Gasteiger partial charge on any atom is 0.307 e. The number of likely N-dealkylation sites (tertiary alicyclic amines) is 1. The number of carbonyl (C=O) groups excluding carboxylic acids is 1. The predicted molar refractivity (Wildman–Crippen MR) is 69.7 cm³/mol. The van der Waals surface area contributed by atoms with Crippen LogP contribution in [0.15, 0.2) is 12.1 Å². The Bertz CT molecular complexity index is 608. The summed E-state index contributed by atoms with van der Waals surface area (Å²) in [6.07, 6.45) is 3.27. The fraction of sp³-hybridized carbons (Fsp3) is 0.500. The molecule has 1 aliphatic carbocycles. The van der Waals surface area contributed by atoms with Gasteiger partial charge in [-0.15, -0.1) is 0 Å². The van der Waals surface area contributed by atoms with Gasteiger partial charge in [0.05, 0.1) is 16.6 Å². The molecule has 1 aromatic carbocycles. The summed E-state index contributed by atoms with van der Waals surface area (Å²) < 4.78 is 27.4. The van der Waals surface area contributed by atoms with E-state index in [1.54, 1.807) is 0 Å². The van der Waals surface area contributed by atoms with Crippen molar-refractivity contribution in [3.8, 4) is 0 Å². The molecule has 0 bridgehead atoms. The molecule has 2 fully saturated rings. The molecule has 1 saturated heterocycles. The van der Waals surface area contributed by atoms with Gasteiger partial charge in [-0.3, -0.25) is 14.9 Å². The van der Waals surface area contributed by atoms with Crippen molar-refractivity contribution in [3.63, 3.8) is 0 Å². The number of hydrogen-bond donors (Lipinski definition) is 0. The van der Waals surface area contributed by atoms with E-state index < -0.39 is 33.7 Å². The van der Waals surface area contributed by atoms with Gasteiger partial charge in [-0.05, 0) is 30.7 Å². The van der Waals surface area contributed by atoms with E-state index in [9.17, 15) is 23.7 Å². The molecule has 5 nitrogen and oxygen atoms in total. The predicted octanol–water partition coefficient (Wildman–Crippen LogP) is 2.75. The number of carbonyl (C=O) groups is 1. The van der Waals surface area contributed by atoms with Crippen LogP contribution in [0.4, 0.5) is 14.5 Å². The number of nitro benzene ring substituents is 1. The second-order valence-corrected chi connectivity index (χ2v) is 5.70. The highest BCUT2D eigenvalue weighted by Crippen LogP contribution is 2.38. The molecule has 112 valence electrons. The van der Waals surface area contributed by atoms with Gasteiger partial charge in [-0.25, -0.2) is 4.39 Å². The summed E-state index contributed by atoms with van der Waals surface area (Å²) in [6, 6.07) is 1.10. The Morgan fingerprint density at radius 1 is 1.19 bits per heavy atom. The van der Waals surface area contributed by atoms with Crippen molar-refractivity contribution >= 4 is 11.6 Å². The van der Waals surface area contributed by atoms with Crippen molar-refractivity contribution in [2.24, 2.45) is 11.8 Å². The van der Waals surface area contributed by atoms with Crippen LogP contribution >= 0.6 is 0 Å². The summed E-state index contributed by atoms with van der Waals surface area (Å²) in [5.74, 6) is -1.94. The molecule has 21 heavy (non-hydrogen) atoms. The van der Waals surface area contributed by atoms with Gasteiger partial charge in [-0.1, -0.05) is 6.42 Å². The highest BCUT2D eigenvalue weighted by Gasteiger charge is 2.39. The molecule has 1 aliphatic heterocycles. The smallest absolute Gasteiger partial charge is 0.307 e. The maximum absolute atomic E-state index is 13.9. The normalized spacial score (nSPS) is 24.2. The lowest BCUT2D eigenvalue weighted by Crippen LogP contribution is -2.30. The topological polar surface area (TPSA) is 63.4 Å². The summed E-state index contributed by atoms with van der Waals surface area (Å²) in [6.45, 7) is 1.11. The molecule has 2 aliphatic rings. The largest absolute Gasteiger partial charge is 0.338 e. The molecule has 7 heteroatoms. The number of nitrogens with zero attached hydrogens (tertiary/aromatic N) is 2. The molecular weight excluding hydrogens is 282 g/mol. The van der Waals surface area contributed by atoms with Gasteiger partial charge in [-0.2, -0.15) is 4.39 Å². The van der Waals surface area contributed by atoms with Crippen molar-refractivity contribution in [3.05, 3.63) is 39.4 Å². The Morgan fingerprint density at radius 3 is 2.38 bits per heavy atom. The molecule has 0 N–H and O–H groups in total. The molecule has 0 aromatic heterocycles. The number of fused-ring (bicyclic) bond motifs is 1. The average molecular weight is 296 g/mol. The standard InChI is InChI=1S/C14H14F2N2O3/c15-11-5-13(18(20)21)12(16)4-10(11)14(19)17-6-8-2-1-3-9(8)7-17/h4-5,8-9H,1-3,6-7H2. The van der Waals surface area contributed by atoms with Crippen LogP contribution in [0.5, 0.6) is 0 Å². The Kier molecular flexibility index (Phi) is 3.35. The first kappa shape index (κ1) is 13.9. The van der Waals surface area contributed by atoms with Crippen LogP contribution in [-0.4, -0.2) is 28.8 Å². The second-order valence-electron chi connectivity index (χ2n) is 5.70. The highest BCUT2D eigenvalue weighted by molar-refractivity contribution is 5.95. The Morgan fingerprint density at radius 2 is 1.81 bits per heavy atom. The van der Waals surface area contributed by atoms with E-state index in [1.807, 2.05) is 0 Å². The molecule has 1 saturated carbocycles. The third-order valence-electron chi connectivity index (χ3n) is 4.48. The van der Waals surface area contributed by atoms with Gasteiger partial charge in [0.25, 0.3) is 5.91 Å². The lowest BCUT2D eigenvalue weighted by atomic mass is 10.0. The van der Waals surface area contributed by atoms with Gasteiger partial charge in [0.15, 0.2) is 0 Å². The molecule has 0 radical (unpaired) electrons. The fourth-order valence-electron chi connectivity index (χ4n) is 3.41. The van der Waals surface area contributed by atoms with E-state index in [1.165, 1.54) is 4.90 Å². The third kappa shape index (κ3) is 2.36. The fourth-order valence-corrected chi connectivity index (χ4v) is 3.41. The highest BCUT2D eigenvalue weighted by atomic mass is 19.1. The monoisotopic (exact) mass is 296 g/mol. The van der Waals surface area contributed by atoms with Crippen LogP contribution in [-0.2, 0) is 0 Å². The minimum Gasteiger partial charge on any atom is -0.338 e. The van der Waals surface area contributed by atoms with E-state index in [4.69, 9.17) is 0 Å². The Labute approximate surface area is 119 Å². The van der Waals surface area contributed by atoms with Crippen molar-refractivity contribution in [1.29, 1.82) is 0 Å². The zero-order valence-corrected chi connectivity index (χ0v) is 11.2. The van der Waals surface area contributed by atoms with Crippen molar-refractivity contribution < 1.29 is 18.5 Å². The summed E-state index contributed by atoms with van der Waals surface area (Å²) in [4.78, 5) is 23.3. The van der Waals surface area contributed by atoms with Crippen LogP contribution in [0.1, 0.15) is 29.6 Å². The van der Waals surface area contributed by atoms with Crippen LogP contribution in [0, 0.1) is 33.6 Å². The third-order valence-corrected chi connectivity index (χ3v) is 4.48. The van der Waals surface area contributed by atoms with E-state index in [2.05, 4.69) is 0 Å². The lowest BCUT2D eigenvalue weighted by Gasteiger charge is -2.17. The summed E-state index contributed by atoms with van der Waals surface area (Å²) in [5.41, 5.74) is -1.39. The van der Waals surface area contributed by atoms with Crippen molar-refractivity contribution in [2.45, 2.75) is 19.3 Å². The summed E-state index contributed by atoms with van der Waals surface area (Å²) in [5, 5.41) is 10.5. The molecular formula is C14H14F2N2O3. The van der Waals surface area contributed by atoms with E-state index in [0.717, 1.165) is 19.3 Å². The number of hydrogen-bond acceptors (Lipinski definition) is 3. The first-order valence-electron chi connectivity index (χ1n) is 6.90. The van der Waals surface area contributed by atoms with Crippen molar-refractivity contribution in [1.82, 2.24) is 4.90 Å². The first-order chi connectivity index (χ1) is 9.97. The molecule has 1 heterocycles. The van der Waals surface area contributed by atoms with Gasteiger partial charge in [0.1, 0.15) is 5.82 Å². The van der Waals surface area contributed by atoms with E-state index in [-0.39, 0.29) is 0 Å². The van der Waals surface area contributed by atoms with Crippen molar-refractivity contribution in [2.75, 3.05) is 13.1 Å². The summed E-state index contributed by atoms with van der Waals surface area (Å²) >= 11 is 0. The quantitative estimate of drug-likeness (QED) is 0.622. The summed E-state index contributed by atoms with van der Waals surface area (Å²) in [7, 11) is 0. The maximum atomic E-state index is 13.9. The number of halogens is 2. The minimum absolute atomic E-state index is 0.432. The molecule has 3 rings (SSSR count). The van der Waals surface area contributed by atoms with Gasteiger partial charge < -0.3 is 4.90 Å². The SMILES string of the molecule is O=C(c1cc(F)c([N+](=O)[O-])cc1F)N1CC2CCCC2C1. The minimum atomic E-state index is -1.19. The number of benzene rings is 1. The zero-order chi connectivity index (χ0) is 15.1. The van der Waals surface area contributed by atoms with Crippen LogP contribution in [0.2, 0.25) is 0 Å². The number of rotatable bonds is 2. The van der Waals surface area contributed by atoms with Gasteiger partial charge >= 0.3 is 5.69 Å². The van der Waals surface area contributed by atoms with E-state index in [0.29, 0.717) is 37.1 Å². The van der Waals surface area contributed by atoms with Gasteiger partial charge in [0.2, 0.25) is 5.82 Å². The van der Waals surface area contributed by atoms with Gasteiger partial charge in [0, 0.05) is 13.1 Å². The Balaban J connectivity index is 1.85. The molecule has 2 atom stereocenters. The molecule has 0 spiro atoms. The zero-order valence-electron chi connectivity index (χ0n) is 11.2. The van der Waals surface area contributed by atoms with Crippen LogP contribution in [0.25, 0.3) is 0 Å². The van der Waals surface area contributed by atoms with Crippen LogP contribution in [0.3, 0.4) is 0 Å². The first-order valence-corrected chi connectivity index (χ1v) is 6.90. The average Bonchev–Trinajstić information content (AvgIpc) is 3.00. The van der Waals surface area contributed by atoms with Crippen LogP contribution < -0.4 is 0 Å². The Hall–Kier alpha value is -2.05. The molecule has 1 amide bonds.